The Hall–Kier alpha value is -2.29. The molecule has 0 aliphatic carbocycles. The van der Waals surface area contributed by atoms with Crippen molar-refractivity contribution in [2.24, 2.45) is 0 Å². The number of aromatic nitrogens is 1. The van der Waals surface area contributed by atoms with Gasteiger partial charge in [-0.25, -0.2) is 0 Å². The van der Waals surface area contributed by atoms with Crippen molar-refractivity contribution < 1.29 is 4.74 Å². The molecular weight excluding hydrogens is 238 g/mol. The third-order valence-electron chi connectivity index (χ3n) is 3.06. The predicted octanol–water partition coefficient (Wildman–Crippen LogP) is 3.47. The Morgan fingerprint density at radius 1 is 1.00 bits per heavy atom. The van der Waals surface area contributed by atoms with Crippen molar-refractivity contribution in [1.82, 2.24) is 4.98 Å². The molecule has 0 radical (unpaired) electrons. The minimum absolute atomic E-state index is 0.0938. The first-order valence-corrected chi connectivity index (χ1v) is 6.36. The zero-order valence-electron chi connectivity index (χ0n) is 10.9. The molecule has 0 aliphatic heterocycles. The average molecular weight is 253 g/mol. The van der Waals surface area contributed by atoms with Crippen LogP contribution in [0.4, 0.5) is 0 Å². The van der Waals surface area contributed by atoms with Crippen LogP contribution in [0.25, 0.3) is 21.7 Å². The van der Waals surface area contributed by atoms with Gasteiger partial charge in [-0.05, 0) is 36.8 Å². The maximum atomic E-state index is 11.6. The van der Waals surface area contributed by atoms with E-state index in [0.29, 0.717) is 0 Å². The molecular formula is C16H15NO2. The summed E-state index contributed by atoms with van der Waals surface area (Å²) in [5, 5.41) is 3.03. The van der Waals surface area contributed by atoms with Crippen LogP contribution < -0.4 is 10.3 Å². The van der Waals surface area contributed by atoms with Crippen molar-refractivity contribution in [1.29, 1.82) is 0 Å². The minimum Gasteiger partial charge on any atom is -0.490 e. The van der Waals surface area contributed by atoms with Crippen LogP contribution in [0.5, 0.6) is 5.75 Å². The Kier molecular flexibility index (Phi) is 2.75. The van der Waals surface area contributed by atoms with Crippen molar-refractivity contribution >= 4 is 21.7 Å². The van der Waals surface area contributed by atoms with Gasteiger partial charge in [-0.15, -0.1) is 0 Å². The molecule has 3 nitrogen and oxygen atoms in total. The zero-order valence-corrected chi connectivity index (χ0v) is 10.9. The summed E-state index contributed by atoms with van der Waals surface area (Å²) in [5.74, 6) is 0.806. The molecule has 3 heteroatoms. The minimum atomic E-state index is -0.0978. The van der Waals surface area contributed by atoms with Gasteiger partial charge in [0.2, 0.25) is 5.56 Å². The lowest BCUT2D eigenvalue weighted by Crippen LogP contribution is -2.07. The molecule has 0 bridgehead atoms. The predicted molar refractivity (Wildman–Crippen MR) is 77.8 cm³/mol. The van der Waals surface area contributed by atoms with E-state index in [1.165, 1.54) is 0 Å². The highest BCUT2D eigenvalue weighted by molar-refractivity contribution is 6.08. The Balaban J connectivity index is 2.44. The van der Waals surface area contributed by atoms with Crippen molar-refractivity contribution in [3.8, 4) is 5.75 Å². The van der Waals surface area contributed by atoms with Crippen molar-refractivity contribution in [2.75, 3.05) is 0 Å². The number of rotatable bonds is 2. The van der Waals surface area contributed by atoms with E-state index < -0.39 is 0 Å². The molecule has 0 atom stereocenters. The number of H-pyrrole nitrogens is 1. The normalized spacial score (nSPS) is 11.3. The first kappa shape index (κ1) is 11.8. The fraction of sp³-hybridized carbons (Fsp3) is 0.188. The van der Waals surface area contributed by atoms with Gasteiger partial charge in [-0.1, -0.05) is 24.3 Å². The number of ether oxygens (including phenoxy) is 1. The molecule has 0 aliphatic rings. The molecule has 1 heterocycles. The highest BCUT2D eigenvalue weighted by Gasteiger charge is 2.08. The van der Waals surface area contributed by atoms with E-state index in [2.05, 4.69) is 4.98 Å². The highest BCUT2D eigenvalue weighted by atomic mass is 16.5. The Labute approximate surface area is 110 Å². The van der Waals surface area contributed by atoms with Crippen LogP contribution >= 0.6 is 0 Å². The lowest BCUT2D eigenvalue weighted by Gasteiger charge is -2.13. The van der Waals surface area contributed by atoms with Gasteiger partial charge >= 0.3 is 0 Å². The van der Waals surface area contributed by atoms with Gasteiger partial charge in [0.25, 0.3) is 0 Å². The fourth-order valence-electron chi connectivity index (χ4n) is 2.32. The molecule has 0 fully saturated rings. The quantitative estimate of drug-likeness (QED) is 0.710. The van der Waals surface area contributed by atoms with Crippen molar-refractivity contribution in [3.05, 3.63) is 52.8 Å². The summed E-state index contributed by atoms with van der Waals surface area (Å²) in [6.07, 6.45) is 0.0938. The molecule has 0 unspecified atom stereocenters. The topological polar surface area (TPSA) is 42.1 Å². The highest BCUT2D eigenvalue weighted by Crippen LogP contribution is 2.31. The molecule has 0 spiro atoms. The summed E-state index contributed by atoms with van der Waals surface area (Å²) in [4.78, 5) is 14.5. The fourth-order valence-corrected chi connectivity index (χ4v) is 2.32. The van der Waals surface area contributed by atoms with Crippen LogP contribution in [0.2, 0.25) is 0 Å². The van der Waals surface area contributed by atoms with Crippen LogP contribution in [0.1, 0.15) is 13.8 Å². The summed E-state index contributed by atoms with van der Waals surface area (Å²) in [5.41, 5.74) is 0.737. The first-order chi connectivity index (χ1) is 9.15. The maximum Gasteiger partial charge on any atom is 0.248 e. The van der Waals surface area contributed by atoms with Crippen LogP contribution in [0.15, 0.2) is 47.3 Å². The number of fused-ring (bicyclic) bond motifs is 3. The van der Waals surface area contributed by atoms with Gasteiger partial charge in [0, 0.05) is 11.5 Å². The molecule has 0 saturated carbocycles. The first-order valence-electron chi connectivity index (χ1n) is 6.36. The van der Waals surface area contributed by atoms with Gasteiger partial charge in [0.15, 0.2) is 0 Å². The second-order valence-corrected chi connectivity index (χ2v) is 4.87. The Morgan fingerprint density at radius 2 is 1.74 bits per heavy atom. The third-order valence-corrected chi connectivity index (χ3v) is 3.06. The van der Waals surface area contributed by atoms with Gasteiger partial charge in [0.05, 0.1) is 11.6 Å². The van der Waals surface area contributed by atoms with Gasteiger partial charge < -0.3 is 9.72 Å². The van der Waals surface area contributed by atoms with Gasteiger partial charge in [0.1, 0.15) is 5.75 Å². The number of nitrogens with one attached hydrogen (secondary N) is 1. The van der Waals surface area contributed by atoms with Gasteiger partial charge in [-0.2, -0.15) is 0 Å². The Morgan fingerprint density at radius 3 is 2.53 bits per heavy atom. The van der Waals surface area contributed by atoms with E-state index in [9.17, 15) is 4.79 Å². The second-order valence-electron chi connectivity index (χ2n) is 4.87. The van der Waals surface area contributed by atoms with E-state index >= 15 is 0 Å². The van der Waals surface area contributed by atoms with Crippen LogP contribution in [0, 0.1) is 0 Å². The second kappa shape index (κ2) is 4.43. The molecule has 19 heavy (non-hydrogen) atoms. The molecule has 2 aromatic carbocycles. The molecule has 3 aromatic rings. The van der Waals surface area contributed by atoms with Gasteiger partial charge in [-0.3, -0.25) is 4.79 Å². The van der Waals surface area contributed by atoms with Crippen LogP contribution in [0.3, 0.4) is 0 Å². The molecule has 1 N–H and O–H groups in total. The van der Waals surface area contributed by atoms with E-state index in [-0.39, 0.29) is 11.7 Å². The molecule has 0 saturated heterocycles. The lowest BCUT2D eigenvalue weighted by atomic mass is 10.1. The third kappa shape index (κ3) is 2.08. The van der Waals surface area contributed by atoms with E-state index in [1.54, 1.807) is 6.07 Å². The molecule has 0 amide bonds. The Bertz CT molecular complexity index is 803. The summed E-state index contributed by atoms with van der Waals surface area (Å²) in [6, 6.07) is 13.4. The number of hydrogen-bond donors (Lipinski definition) is 1. The summed E-state index contributed by atoms with van der Waals surface area (Å²) < 4.78 is 5.85. The molecule has 3 rings (SSSR count). The van der Waals surface area contributed by atoms with E-state index in [1.807, 2.05) is 50.2 Å². The zero-order chi connectivity index (χ0) is 13.4. The van der Waals surface area contributed by atoms with Crippen molar-refractivity contribution in [3.63, 3.8) is 0 Å². The van der Waals surface area contributed by atoms with Crippen LogP contribution in [-0.2, 0) is 0 Å². The largest absolute Gasteiger partial charge is 0.490 e. The summed E-state index contributed by atoms with van der Waals surface area (Å²) in [6.45, 7) is 3.99. The van der Waals surface area contributed by atoms with E-state index in [0.717, 1.165) is 27.4 Å². The number of pyridine rings is 1. The maximum absolute atomic E-state index is 11.6. The van der Waals surface area contributed by atoms with Crippen molar-refractivity contribution in [2.45, 2.75) is 20.0 Å². The monoisotopic (exact) mass is 253 g/mol. The molecule has 1 aromatic heterocycles. The van der Waals surface area contributed by atoms with Crippen LogP contribution in [-0.4, -0.2) is 11.1 Å². The molecule has 96 valence electrons. The number of hydrogen-bond acceptors (Lipinski definition) is 2. The number of benzene rings is 2. The number of aromatic amines is 1. The smallest absolute Gasteiger partial charge is 0.248 e. The SMILES string of the molecule is CC(C)Oc1cccc2ccc3ccc(=O)[nH]c3c12. The summed E-state index contributed by atoms with van der Waals surface area (Å²) in [7, 11) is 0. The lowest BCUT2D eigenvalue weighted by molar-refractivity contribution is 0.245. The summed E-state index contributed by atoms with van der Waals surface area (Å²) >= 11 is 0. The standard InChI is InChI=1S/C16H15NO2/c1-10(2)19-13-5-3-4-11-6-7-12-8-9-14(18)17-16(12)15(11)13/h3-10H,1-2H3,(H,17,18). The van der Waals surface area contributed by atoms with E-state index in [4.69, 9.17) is 4.74 Å². The average Bonchev–Trinajstić information content (AvgIpc) is 2.37.